The molecule has 0 aromatic carbocycles. The summed E-state index contributed by atoms with van der Waals surface area (Å²) in [6.07, 6.45) is 2.30. The minimum atomic E-state index is -0.155. The third kappa shape index (κ3) is 3.20. The van der Waals surface area contributed by atoms with E-state index in [0.29, 0.717) is 12.1 Å². The van der Waals surface area contributed by atoms with Crippen molar-refractivity contribution >= 4 is 5.91 Å². The van der Waals surface area contributed by atoms with Gasteiger partial charge in [0.25, 0.3) is 5.91 Å². The number of amides is 1. The number of carbonyl (C=O) groups excluding carboxylic acids is 1. The minimum absolute atomic E-state index is 0.00552. The van der Waals surface area contributed by atoms with Crippen molar-refractivity contribution in [3.05, 3.63) is 53.7 Å². The van der Waals surface area contributed by atoms with Crippen molar-refractivity contribution in [3.63, 3.8) is 0 Å². The van der Waals surface area contributed by atoms with Gasteiger partial charge in [-0.2, -0.15) is 0 Å². The summed E-state index contributed by atoms with van der Waals surface area (Å²) in [7, 11) is 0. The molecule has 0 aliphatic heterocycles. The highest BCUT2D eigenvalue weighted by Gasteiger charge is 2.12. The van der Waals surface area contributed by atoms with Crippen LogP contribution in [0.4, 0.5) is 0 Å². The van der Waals surface area contributed by atoms with Gasteiger partial charge < -0.3 is 9.73 Å². The molecule has 2 aromatic heterocycles. The van der Waals surface area contributed by atoms with Gasteiger partial charge in [0, 0.05) is 18.2 Å². The number of nitrogens with one attached hydrogen (secondary N) is 1. The highest BCUT2D eigenvalue weighted by Crippen LogP contribution is 2.05. The Morgan fingerprint density at radius 3 is 2.89 bits per heavy atom. The van der Waals surface area contributed by atoms with E-state index >= 15 is 0 Å². The monoisotopic (exact) mass is 244 g/mol. The van der Waals surface area contributed by atoms with Crippen LogP contribution in [-0.2, 0) is 6.42 Å². The maximum atomic E-state index is 11.9. The second-order valence-electron chi connectivity index (χ2n) is 4.32. The summed E-state index contributed by atoms with van der Waals surface area (Å²) in [5.41, 5.74) is 1.28. The molecule has 4 nitrogen and oxygen atoms in total. The molecule has 0 saturated heterocycles. The van der Waals surface area contributed by atoms with E-state index in [0.717, 1.165) is 11.5 Å². The van der Waals surface area contributed by atoms with Crippen LogP contribution in [0.15, 0.2) is 41.0 Å². The van der Waals surface area contributed by atoms with Gasteiger partial charge in [0.2, 0.25) is 0 Å². The van der Waals surface area contributed by atoms with Gasteiger partial charge in [-0.25, -0.2) is 4.98 Å². The number of pyridine rings is 1. The Hall–Kier alpha value is -2.10. The Kier molecular flexibility index (Phi) is 3.77. The molecule has 4 heteroatoms. The maximum Gasteiger partial charge on any atom is 0.270 e. The summed E-state index contributed by atoms with van der Waals surface area (Å²) in [6, 6.07) is 9.14. The normalized spacial score (nSPS) is 12.1. The summed E-state index contributed by atoms with van der Waals surface area (Å²) in [4.78, 5) is 16.1. The molecule has 1 unspecified atom stereocenters. The molecule has 0 aliphatic carbocycles. The Labute approximate surface area is 106 Å². The van der Waals surface area contributed by atoms with Crippen molar-refractivity contribution in [1.82, 2.24) is 10.3 Å². The molecule has 0 aliphatic rings. The lowest BCUT2D eigenvalue weighted by molar-refractivity contribution is 0.0934. The number of hydrogen-bond acceptors (Lipinski definition) is 3. The molecule has 0 fully saturated rings. The zero-order valence-corrected chi connectivity index (χ0v) is 10.5. The second-order valence-corrected chi connectivity index (χ2v) is 4.32. The summed E-state index contributed by atoms with van der Waals surface area (Å²) in [5, 5.41) is 2.90. The van der Waals surface area contributed by atoms with Crippen LogP contribution in [0.2, 0.25) is 0 Å². The molecule has 2 rings (SSSR count). The van der Waals surface area contributed by atoms with Crippen LogP contribution in [0.5, 0.6) is 0 Å². The Morgan fingerprint density at radius 2 is 2.22 bits per heavy atom. The summed E-state index contributed by atoms with van der Waals surface area (Å²) in [5.74, 6) is 0.706. The van der Waals surface area contributed by atoms with Crippen molar-refractivity contribution in [2.75, 3.05) is 0 Å². The van der Waals surface area contributed by atoms with E-state index in [2.05, 4.69) is 10.3 Å². The van der Waals surface area contributed by atoms with E-state index in [1.54, 1.807) is 12.3 Å². The number of furan rings is 1. The zero-order chi connectivity index (χ0) is 13.0. The Morgan fingerprint density at radius 1 is 1.39 bits per heavy atom. The van der Waals surface area contributed by atoms with Gasteiger partial charge in [-0.05, 0) is 38.1 Å². The molecule has 1 amide bonds. The molecule has 0 bridgehead atoms. The number of nitrogens with zero attached hydrogens (tertiary/aromatic N) is 1. The van der Waals surface area contributed by atoms with Crippen molar-refractivity contribution in [1.29, 1.82) is 0 Å². The predicted octanol–water partition coefficient (Wildman–Crippen LogP) is 2.34. The maximum absolute atomic E-state index is 11.9. The first-order chi connectivity index (χ1) is 8.65. The van der Waals surface area contributed by atoms with Gasteiger partial charge in [0.05, 0.1) is 6.26 Å². The van der Waals surface area contributed by atoms with Crippen LogP contribution in [-0.4, -0.2) is 16.9 Å². The highest BCUT2D eigenvalue weighted by atomic mass is 16.3. The molecule has 0 spiro atoms. The van der Waals surface area contributed by atoms with E-state index in [1.165, 1.54) is 0 Å². The molecule has 1 atom stereocenters. The van der Waals surface area contributed by atoms with Crippen LogP contribution in [0, 0.1) is 6.92 Å². The molecule has 2 aromatic rings. The molecule has 94 valence electrons. The van der Waals surface area contributed by atoms with Crippen LogP contribution in [0.1, 0.15) is 28.9 Å². The van der Waals surface area contributed by atoms with E-state index in [9.17, 15) is 4.79 Å². The first-order valence-corrected chi connectivity index (χ1v) is 5.92. The Bertz CT molecular complexity index is 520. The fourth-order valence-corrected chi connectivity index (χ4v) is 1.75. The third-order valence-corrected chi connectivity index (χ3v) is 2.59. The topological polar surface area (TPSA) is 55.1 Å². The van der Waals surface area contributed by atoms with Gasteiger partial charge in [-0.1, -0.05) is 6.07 Å². The first kappa shape index (κ1) is 12.4. The van der Waals surface area contributed by atoms with Gasteiger partial charge >= 0.3 is 0 Å². The van der Waals surface area contributed by atoms with Gasteiger partial charge in [-0.3, -0.25) is 4.79 Å². The van der Waals surface area contributed by atoms with E-state index < -0.39 is 0 Å². The van der Waals surface area contributed by atoms with E-state index in [-0.39, 0.29) is 11.9 Å². The SMILES string of the molecule is Cc1cccc(C(=O)NC(C)Cc2ccco2)n1. The van der Waals surface area contributed by atoms with Gasteiger partial charge in [-0.15, -0.1) is 0 Å². The second kappa shape index (κ2) is 5.49. The summed E-state index contributed by atoms with van der Waals surface area (Å²) < 4.78 is 5.24. The summed E-state index contributed by atoms with van der Waals surface area (Å²) in [6.45, 7) is 3.80. The van der Waals surface area contributed by atoms with Crippen LogP contribution < -0.4 is 5.32 Å². The van der Waals surface area contributed by atoms with Gasteiger partial charge in [0.15, 0.2) is 0 Å². The van der Waals surface area contributed by atoms with Crippen LogP contribution >= 0.6 is 0 Å². The number of aryl methyl sites for hydroxylation is 1. The fourth-order valence-electron chi connectivity index (χ4n) is 1.75. The van der Waals surface area contributed by atoms with Crippen LogP contribution in [0.25, 0.3) is 0 Å². The third-order valence-electron chi connectivity index (χ3n) is 2.59. The lowest BCUT2D eigenvalue weighted by atomic mass is 10.2. The van der Waals surface area contributed by atoms with E-state index in [4.69, 9.17) is 4.42 Å². The molecule has 18 heavy (non-hydrogen) atoms. The average molecular weight is 244 g/mol. The average Bonchev–Trinajstić information content (AvgIpc) is 2.81. The minimum Gasteiger partial charge on any atom is -0.469 e. The van der Waals surface area contributed by atoms with Crippen molar-refractivity contribution in [2.24, 2.45) is 0 Å². The predicted molar refractivity (Wildman–Crippen MR) is 68.3 cm³/mol. The van der Waals surface area contributed by atoms with Crippen molar-refractivity contribution in [2.45, 2.75) is 26.3 Å². The first-order valence-electron chi connectivity index (χ1n) is 5.92. The van der Waals surface area contributed by atoms with Gasteiger partial charge in [0.1, 0.15) is 11.5 Å². The zero-order valence-electron chi connectivity index (χ0n) is 10.5. The molecular formula is C14H16N2O2. The standard InChI is InChI=1S/C14H16N2O2/c1-10-5-3-7-13(15-10)14(17)16-11(2)9-12-6-4-8-18-12/h3-8,11H,9H2,1-2H3,(H,16,17). The lowest BCUT2D eigenvalue weighted by Gasteiger charge is -2.12. The smallest absolute Gasteiger partial charge is 0.270 e. The number of aromatic nitrogens is 1. The molecule has 1 N–H and O–H groups in total. The fraction of sp³-hybridized carbons (Fsp3) is 0.286. The highest BCUT2D eigenvalue weighted by molar-refractivity contribution is 5.92. The van der Waals surface area contributed by atoms with E-state index in [1.807, 2.05) is 38.1 Å². The Balaban J connectivity index is 1.95. The number of rotatable bonds is 4. The van der Waals surface area contributed by atoms with Crippen molar-refractivity contribution in [3.8, 4) is 0 Å². The molecule has 2 heterocycles. The largest absolute Gasteiger partial charge is 0.469 e. The quantitative estimate of drug-likeness (QED) is 0.898. The molecule has 0 radical (unpaired) electrons. The molecular weight excluding hydrogens is 228 g/mol. The number of carbonyl (C=O) groups is 1. The molecule has 0 saturated carbocycles. The van der Waals surface area contributed by atoms with Crippen LogP contribution in [0.3, 0.4) is 0 Å². The van der Waals surface area contributed by atoms with Crippen molar-refractivity contribution < 1.29 is 9.21 Å². The number of hydrogen-bond donors (Lipinski definition) is 1. The summed E-state index contributed by atoms with van der Waals surface area (Å²) >= 11 is 0. The lowest BCUT2D eigenvalue weighted by Crippen LogP contribution is -2.34.